The van der Waals surface area contributed by atoms with Gasteiger partial charge < -0.3 is 9.73 Å². The average Bonchev–Trinajstić information content (AvgIpc) is 3.01. The largest absolute Gasteiger partial charge is 0.465 e. The van der Waals surface area contributed by atoms with Crippen molar-refractivity contribution in [2.75, 3.05) is 0 Å². The number of amidine groups is 1. The lowest BCUT2D eigenvalue weighted by Crippen LogP contribution is -2.24. The number of nitrogens with one attached hydrogen (secondary N) is 1. The summed E-state index contributed by atoms with van der Waals surface area (Å²) in [6.07, 6.45) is 3.13. The SMILES string of the molecule is O=C1NC(c2cccc(Cl)c2)=N/C1=C/c1ccco1. The number of halogens is 1. The second-order valence-electron chi connectivity index (χ2n) is 3.97. The quantitative estimate of drug-likeness (QED) is 0.855. The Balaban J connectivity index is 1.95. The van der Waals surface area contributed by atoms with Crippen molar-refractivity contribution in [3.8, 4) is 0 Å². The summed E-state index contributed by atoms with van der Waals surface area (Å²) in [5.74, 6) is 0.818. The normalized spacial score (nSPS) is 16.6. The fourth-order valence-electron chi connectivity index (χ4n) is 1.75. The van der Waals surface area contributed by atoms with Gasteiger partial charge in [-0.25, -0.2) is 4.99 Å². The van der Waals surface area contributed by atoms with E-state index in [1.807, 2.05) is 6.07 Å². The Morgan fingerprint density at radius 3 is 2.89 bits per heavy atom. The Morgan fingerprint density at radius 1 is 1.26 bits per heavy atom. The van der Waals surface area contributed by atoms with E-state index in [0.717, 1.165) is 5.56 Å². The van der Waals surface area contributed by atoms with Gasteiger partial charge in [-0.1, -0.05) is 23.7 Å². The van der Waals surface area contributed by atoms with Gasteiger partial charge in [0.15, 0.2) is 0 Å². The molecule has 1 N–H and O–H groups in total. The molecule has 0 saturated heterocycles. The van der Waals surface area contributed by atoms with E-state index in [-0.39, 0.29) is 5.91 Å². The zero-order chi connectivity index (χ0) is 13.2. The zero-order valence-corrected chi connectivity index (χ0v) is 10.5. The summed E-state index contributed by atoms with van der Waals surface area (Å²) < 4.78 is 5.16. The number of furan rings is 1. The molecule has 2 aromatic rings. The van der Waals surface area contributed by atoms with Gasteiger partial charge in [-0.05, 0) is 24.3 Å². The molecule has 0 fully saturated rings. The predicted molar refractivity (Wildman–Crippen MR) is 72.8 cm³/mol. The van der Waals surface area contributed by atoms with Gasteiger partial charge in [0.25, 0.3) is 5.91 Å². The van der Waals surface area contributed by atoms with Gasteiger partial charge in [-0.2, -0.15) is 0 Å². The standard InChI is InChI=1S/C14H9ClN2O2/c15-10-4-1-3-9(7-10)13-16-12(14(18)17-13)8-11-5-2-6-19-11/h1-8H,(H,16,17,18)/b12-8+. The number of hydrogen-bond donors (Lipinski definition) is 1. The fourth-order valence-corrected chi connectivity index (χ4v) is 1.94. The van der Waals surface area contributed by atoms with Gasteiger partial charge >= 0.3 is 0 Å². The summed E-state index contributed by atoms with van der Waals surface area (Å²) in [5, 5.41) is 3.30. The predicted octanol–water partition coefficient (Wildman–Crippen LogP) is 2.85. The first-order valence-electron chi connectivity index (χ1n) is 5.63. The van der Waals surface area contributed by atoms with Crippen molar-refractivity contribution in [3.63, 3.8) is 0 Å². The van der Waals surface area contributed by atoms with Crippen LogP contribution in [0.2, 0.25) is 5.02 Å². The Labute approximate surface area is 114 Å². The van der Waals surface area contributed by atoms with Gasteiger partial charge in [-0.15, -0.1) is 0 Å². The van der Waals surface area contributed by atoms with Crippen molar-refractivity contribution < 1.29 is 9.21 Å². The molecule has 1 aromatic heterocycles. The maximum Gasteiger partial charge on any atom is 0.275 e. The number of nitrogens with zero attached hydrogens (tertiary/aromatic N) is 1. The first-order valence-corrected chi connectivity index (χ1v) is 6.01. The maximum atomic E-state index is 11.8. The Hall–Kier alpha value is -2.33. The molecular weight excluding hydrogens is 264 g/mol. The molecule has 19 heavy (non-hydrogen) atoms. The number of amides is 1. The van der Waals surface area contributed by atoms with Crippen molar-refractivity contribution in [2.45, 2.75) is 0 Å². The first-order chi connectivity index (χ1) is 9.22. The van der Waals surface area contributed by atoms with Crippen molar-refractivity contribution in [3.05, 3.63) is 64.7 Å². The Morgan fingerprint density at radius 2 is 2.16 bits per heavy atom. The molecular formula is C14H9ClN2O2. The van der Waals surface area contributed by atoms with Crippen molar-refractivity contribution >= 4 is 29.4 Å². The second-order valence-corrected chi connectivity index (χ2v) is 4.41. The summed E-state index contributed by atoms with van der Waals surface area (Å²) in [6.45, 7) is 0. The summed E-state index contributed by atoms with van der Waals surface area (Å²) in [5.41, 5.74) is 1.08. The van der Waals surface area contributed by atoms with Gasteiger partial charge in [0.2, 0.25) is 0 Å². The van der Waals surface area contributed by atoms with E-state index in [1.165, 1.54) is 0 Å². The monoisotopic (exact) mass is 272 g/mol. The van der Waals surface area contributed by atoms with Crippen molar-refractivity contribution in [1.82, 2.24) is 5.32 Å². The van der Waals surface area contributed by atoms with Crippen LogP contribution in [-0.4, -0.2) is 11.7 Å². The third kappa shape index (κ3) is 2.44. The van der Waals surface area contributed by atoms with Crippen LogP contribution in [-0.2, 0) is 4.79 Å². The summed E-state index contributed by atoms with van der Waals surface area (Å²) in [6, 6.07) is 10.7. The number of rotatable bonds is 2. The first kappa shape index (κ1) is 11.7. The third-order valence-electron chi connectivity index (χ3n) is 2.62. The number of carbonyl (C=O) groups is 1. The Bertz CT molecular complexity index is 687. The summed E-state index contributed by atoms with van der Waals surface area (Å²) in [7, 11) is 0. The van der Waals surface area contributed by atoms with Crippen LogP contribution < -0.4 is 5.32 Å². The molecule has 3 rings (SSSR count). The topological polar surface area (TPSA) is 54.6 Å². The lowest BCUT2D eigenvalue weighted by atomic mass is 10.2. The van der Waals surface area contributed by atoms with Gasteiger partial charge in [0.1, 0.15) is 17.3 Å². The van der Waals surface area contributed by atoms with Crippen LogP contribution in [0.5, 0.6) is 0 Å². The lowest BCUT2D eigenvalue weighted by molar-refractivity contribution is -0.115. The van der Waals surface area contributed by atoms with E-state index in [0.29, 0.717) is 22.3 Å². The van der Waals surface area contributed by atoms with Crippen LogP contribution in [0.4, 0.5) is 0 Å². The van der Waals surface area contributed by atoms with Crippen LogP contribution in [0, 0.1) is 0 Å². The average molecular weight is 273 g/mol. The van der Waals surface area contributed by atoms with Crippen molar-refractivity contribution in [1.29, 1.82) is 0 Å². The Kier molecular flexibility index (Phi) is 2.93. The van der Waals surface area contributed by atoms with E-state index in [2.05, 4.69) is 10.3 Å². The van der Waals surface area contributed by atoms with Crippen molar-refractivity contribution in [2.24, 2.45) is 4.99 Å². The summed E-state index contributed by atoms with van der Waals surface area (Å²) >= 11 is 5.91. The van der Waals surface area contributed by atoms with E-state index in [4.69, 9.17) is 16.0 Å². The van der Waals surface area contributed by atoms with Gasteiger partial charge in [0.05, 0.1) is 6.26 Å². The molecule has 0 radical (unpaired) electrons. The molecule has 4 nitrogen and oxygen atoms in total. The van der Waals surface area contributed by atoms with Gasteiger partial charge in [0, 0.05) is 16.7 Å². The maximum absolute atomic E-state index is 11.8. The molecule has 1 aliphatic heterocycles. The third-order valence-corrected chi connectivity index (χ3v) is 2.85. The van der Waals surface area contributed by atoms with E-state index < -0.39 is 0 Å². The molecule has 0 unspecified atom stereocenters. The summed E-state index contributed by atoms with van der Waals surface area (Å²) in [4.78, 5) is 16.1. The molecule has 94 valence electrons. The minimum absolute atomic E-state index is 0.258. The molecule has 1 aromatic carbocycles. The molecule has 0 spiro atoms. The molecule has 1 aliphatic rings. The number of aliphatic imine (C=N–C) groups is 1. The number of hydrogen-bond acceptors (Lipinski definition) is 3. The lowest BCUT2D eigenvalue weighted by Gasteiger charge is -2.00. The molecule has 0 atom stereocenters. The number of benzene rings is 1. The zero-order valence-electron chi connectivity index (χ0n) is 9.76. The van der Waals surface area contributed by atoms with Gasteiger partial charge in [-0.3, -0.25) is 4.79 Å². The minimum Gasteiger partial charge on any atom is -0.465 e. The van der Waals surface area contributed by atoms with Crippen LogP contribution in [0.25, 0.3) is 6.08 Å². The molecule has 2 heterocycles. The van der Waals surface area contributed by atoms with E-state index in [9.17, 15) is 4.79 Å². The highest BCUT2D eigenvalue weighted by molar-refractivity contribution is 6.31. The highest BCUT2D eigenvalue weighted by atomic mass is 35.5. The van der Waals surface area contributed by atoms with E-state index in [1.54, 1.807) is 42.7 Å². The molecule has 5 heteroatoms. The second kappa shape index (κ2) is 4.74. The van der Waals surface area contributed by atoms with Crippen LogP contribution in [0.1, 0.15) is 11.3 Å². The van der Waals surface area contributed by atoms with Crippen LogP contribution in [0.15, 0.2) is 57.8 Å². The molecule has 1 amide bonds. The van der Waals surface area contributed by atoms with E-state index >= 15 is 0 Å². The molecule has 0 bridgehead atoms. The fraction of sp³-hybridized carbons (Fsp3) is 0. The highest BCUT2D eigenvalue weighted by Crippen LogP contribution is 2.17. The van der Waals surface area contributed by atoms with Crippen LogP contribution in [0.3, 0.4) is 0 Å². The van der Waals surface area contributed by atoms with Crippen LogP contribution >= 0.6 is 11.6 Å². The molecule has 0 aliphatic carbocycles. The smallest absolute Gasteiger partial charge is 0.275 e. The number of carbonyl (C=O) groups excluding carboxylic acids is 1. The minimum atomic E-state index is -0.258. The molecule has 0 saturated carbocycles. The highest BCUT2D eigenvalue weighted by Gasteiger charge is 2.21.